The molecule has 0 saturated carbocycles. The minimum absolute atomic E-state index is 0.0236. The van der Waals surface area contributed by atoms with Crippen molar-refractivity contribution in [2.45, 2.75) is 27.7 Å². The van der Waals surface area contributed by atoms with E-state index < -0.39 is 0 Å². The van der Waals surface area contributed by atoms with Crippen LogP contribution in [0.1, 0.15) is 41.2 Å². The van der Waals surface area contributed by atoms with Gasteiger partial charge in [-0.15, -0.1) is 0 Å². The highest BCUT2D eigenvalue weighted by Crippen LogP contribution is 2.34. The standard InChI is InChI=1S/C22H25N3O3S/c1-6-23-22-24(7-2)20(26)19(29-22)13-16-12-14(3)25(15(16)4)18-11-9-8-10-17(18)21(27)28-5/h8-13H,6-7H2,1-5H3/b19-13-,23-22?. The Bertz CT molecular complexity index is 1020. The molecule has 0 aliphatic carbocycles. The van der Waals surface area contributed by atoms with E-state index >= 15 is 0 Å². The Labute approximate surface area is 175 Å². The number of methoxy groups -OCH3 is 1. The molecule has 1 amide bonds. The van der Waals surface area contributed by atoms with Gasteiger partial charge < -0.3 is 9.30 Å². The zero-order valence-corrected chi connectivity index (χ0v) is 18.2. The van der Waals surface area contributed by atoms with Crippen LogP contribution in [0.4, 0.5) is 0 Å². The lowest BCUT2D eigenvalue weighted by atomic mass is 10.1. The van der Waals surface area contributed by atoms with Crippen LogP contribution >= 0.6 is 11.8 Å². The van der Waals surface area contributed by atoms with E-state index in [0.29, 0.717) is 23.6 Å². The van der Waals surface area contributed by atoms with Crippen LogP contribution in [0, 0.1) is 13.8 Å². The molecule has 0 unspecified atom stereocenters. The second-order valence-corrected chi connectivity index (χ2v) is 7.60. The van der Waals surface area contributed by atoms with Crippen molar-refractivity contribution < 1.29 is 14.3 Å². The summed E-state index contributed by atoms with van der Waals surface area (Å²) in [6.45, 7) is 9.10. The largest absolute Gasteiger partial charge is 0.465 e. The maximum atomic E-state index is 12.8. The number of ether oxygens (including phenoxy) is 1. The Morgan fingerprint density at radius 2 is 1.97 bits per heavy atom. The average Bonchev–Trinajstić information content (AvgIpc) is 3.16. The SMILES string of the molecule is CCN=C1S/C(=C\c2cc(C)n(-c3ccccc3C(=O)OC)c2C)C(=O)N1CC. The first-order valence-electron chi connectivity index (χ1n) is 9.55. The third kappa shape index (κ3) is 3.87. The molecule has 1 saturated heterocycles. The molecule has 6 nitrogen and oxygen atoms in total. The Kier molecular flexibility index (Phi) is 6.27. The van der Waals surface area contributed by atoms with Crippen LogP contribution in [-0.2, 0) is 9.53 Å². The number of carbonyl (C=O) groups excluding carboxylic acids is 2. The van der Waals surface area contributed by atoms with Crippen LogP contribution in [0.5, 0.6) is 0 Å². The van der Waals surface area contributed by atoms with E-state index in [1.165, 1.54) is 18.9 Å². The number of nitrogens with zero attached hydrogens (tertiary/aromatic N) is 3. The van der Waals surface area contributed by atoms with Gasteiger partial charge in [0.2, 0.25) is 0 Å². The normalized spacial score (nSPS) is 16.9. The van der Waals surface area contributed by atoms with Gasteiger partial charge in [-0.1, -0.05) is 12.1 Å². The number of amidine groups is 1. The van der Waals surface area contributed by atoms with Crippen molar-refractivity contribution in [2.75, 3.05) is 20.2 Å². The lowest BCUT2D eigenvalue weighted by Crippen LogP contribution is -2.28. The van der Waals surface area contributed by atoms with Crippen molar-refractivity contribution >= 4 is 34.9 Å². The molecule has 7 heteroatoms. The molecule has 1 aromatic heterocycles. The third-order valence-electron chi connectivity index (χ3n) is 4.80. The summed E-state index contributed by atoms with van der Waals surface area (Å²) < 4.78 is 6.95. The predicted octanol–water partition coefficient (Wildman–Crippen LogP) is 4.19. The summed E-state index contributed by atoms with van der Waals surface area (Å²) in [6.07, 6.45) is 1.91. The summed E-state index contributed by atoms with van der Waals surface area (Å²) in [7, 11) is 1.38. The van der Waals surface area contributed by atoms with E-state index in [4.69, 9.17) is 4.74 Å². The number of para-hydroxylation sites is 1. The van der Waals surface area contributed by atoms with Crippen LogP contribution in [0.15, 0.2) is 40.2 Å². The number of benzene rings is 1. The molecule has 0 bridgehead atoms. The maximum Gasteiger partial charge on any atom is 0.339 e. The van der Waals surface area contributed by atoms with Gasteiger partial charge in [-0.25, -0.2) is 4.79 Å². The summed E-state index contributed by atoms with van der Waals surface area (Å²) in [5, 5.41) is 0.746. The highest BCUT2D eigenvalue weighted by Gasteiger charge is 2.32. The number of thioether (sulfide) groups is 1. The molecule has 0 radical (unpaired) electrons. The number of amides is 1. The van der Waals surface area contributed by atoms with Crippen molar-refractivity contribution in [2.24, 2.45) is 4.99 Å². The smallest absolute Gasteiger partial charge is 0.339 e. The lowest BCUT2D eigenvalue weighted by molar-refractivity contribution is -0.122. The van der Waals surface area contributed by atoms with Crippen molar-refractivity contribution in [3.05, 3.63) is 57.8 Å². The van der Waals surface area contributed by atoms with E-state index in [0.717, 1.165) is 27.8 Å². The van der Waals surface area contributed by atoms with E-state index in [1.54, 1.807) is 11.0 Å². The zero-order chi connectivity index (χ0) is 21.1. The van der Waals surface area contributed by atoms with Gasteiger partial charge in [0.05, 0.1) is 23.3 Å². The molecule has 29 heavy (non-hydrogen) atoms. The molecule has 1 aromatic carbocycles. The number of hydrogen-bond donors (Lipinski definition) is 0. The van der Waals surface area contributed by atoms with Gasteiger partial charge in [0, 0.05) is 24.5 Å². The fourth-order valence-electron chi connectivity index (χ4n) is 3.44. The molecule has 3 rings (SSSR count). The van der Waals surface area contributed by atoms with Gasteiger partial charge in [-0.05, 0) is 69.3 Å². The fraction of sp³-hybridized carbons (Fsp3) is 0.318. The number of aryl methyl sites for hydroxylation is 1. The number of carbonyl (C=O) groups is 2. The summed E-state index contributed by atoms with van der Waals surface area (Å²) >= 11 is 1.41. The molecular weight excluding hydrogens is 386 g/mol. The molecule has 152 valence electrons. The predicted molar refractivity (Wildman–Crippen MR) is 118 cm³/mol. The van der Waals surface area contributed by atoms with Gasteiger partial charge in [0.25, 0.3) is 5.91 Å². The monoisotopic (exact) mass is 411 g/mol. The number of hydrogen-bond acceptors (Lipinski definition) is 5. The molecule has 0 spiro atoms. The minimum atomic E-state index is -0.381. The van der Waals surface area contributed by atoms with Crippen molar-refractivity contribution in [3.8, 4) is 5.69 Å². The first-order valence-corrected chi connectivity index (χ1v) is 10.4. The van der Waals surface area contributed by atoms with Crippen LogP contribution in [0.3, 0.4) is 0 Å². The molecule has 0 N–H and O–H groups in total. The third-order valence-corrected chi connectivity index (χ3v) is 5.85. The molecule has 2 heterocycles. The number of esters is 1. The molecule has 0 atom stereocenters. The quantitative estimate of drug-likeness (QED) is 0.547. The van der Waals surface area contributed by atoms with Crippen LogP contribution in [0.25, 0.3) is 11.8 Å². The number of rotatable bonds is 5. The van der Waals surface area contributed by atoms with Crippen LogP contribution < -0.4 is 0 Å². The lowest BCUT2D eigenvalue weighted by Gasteiger charge is -2.13. The van der Waals surface area contributed by atoms with E-state index in [9.17, 15) is 9.59 Å². The molecule has 1 fully saturated rings. The Morgan fingerprint density at radius 1 is 1.24 bits per heavy atom. The summed E-state index contributed by atoms with van der Waals surface area (Å²) in [5.74, 6) is -0.405. The van der Waals surface area contributed by atoms with E-state index in [-0.39, 0.29) is 11.9 Å². The second kappa shape index (κ2) is 8.69. The number of aromatic nitrogens is 1. The molecular formula is C22H25N3O3S. The van der Waals surface area contributed by atoms with Crippen molar-refractivity contribution in [1.82, 2.24) is 9.47 Å². The molecule has 1 aliphatic heterocycles. The van der Waals surface area contributed by atoms with Gasteiger partial charge in [-0.3, -0.25) is 14.7 Å². The Balaban J connectivity index is 2.07. The maximum absolute atomic E-state index is 12.8. The Hall–Kier alpha value is -2.80. The summed E-state index contributed by atoms with van der Waals surface area (Å²) in [5.41, 5.74) is 4.11. The van der Waals surface area contributed by atoms with Crippen molar-refractivity contribution in [1.29, 1.82) is 0 Å². The second-order valence-electron chi connectivity index (χ2n) is 6.59. The van der Waals surface area contributed by atoms with Gasteiger partial charge in [-0.2, -0.15) is 0 Å². The molecule has 1 aliphatic rings. The zero-order valence-electron chi connectivity index (χ0n) is 17.4. The topological polar surface area (TPSA) is 63.9 Å². The number of aliphatic imine (C=N–C) groups is 1. The van der Waals surface area contributed by atoms with Gasteiger partial charge >= 0.3 is 5.97 Å². The van der Waals surface area contributed by atoms with Crippen LogP contribution in [-0.4, -0.2) is 46.7 Å². The summed E-state index contributed by atoms with van der Waals surface area (Å²) in [4.78, 5) is 31.8. The average molecular weight is 412 g/mol. The van der Waals surface area contributed by atoms with Crippen LogP contribution in [0.2, 0.25) is 0 Å². The first-order chi connectivity index (χ1) is 13.9. The van der Waals surface area contributed by atoms with Crippen molar-refractivity contribution in [3.63, 3.8) is 0 Å². The highest BCUT2D eigenvalue weighted by atomic mass is 32.2. The Morgan fingerprint density at radius 3 is 2.62 bits per heavy atom. The first kappa shape index (κ1) is 20.9. The minimum Gasteiger partial charge on any atom is -0.465 e. The number of likely N-dealkylation sites (N-methyl/N-ethyl adjacent to an activating group) is 1. The summed E-state index contributed by atoms with van der Waals surface area (Å²) in [6, 6.07) is 9.37. The van der Waals surface area contributed by atoms with Gasteiger partial charge in [0.15, 0.2) is 5.17 Å². The van der Waals surface area contributed by atoms with E-state index in [2.05, 4.69) is 4.99 Å². The molecule has 2 aromatic rings. The fourth-order valence-corrected chi connectivity index (χ4v) is 4.53. The highest BCUT2D eigenvalue weighted by molar-refractivity contribution is 8.18. The van der Waals surface area contributed by atoms with E-state index in [1.807, 2.05) is 62.6 Å². The van der Waals surface area contributed by atoms with Gasteiger partial charge in [0.1, 0.15) is 0 Å².